The molecule has 11 rings (SSSR count). The van der Waals surface area contributed by atoms with Gasteiger partial charge in [-0.2, -0.15) is 9.97 Å². The number of anilines is 2. The van der Waals surface area contributed by atoms with E-state index < -0.39 is 0 Å². The van der Waals surface area contributed by atoms with Crippen LogP contribution in [-0.2, 0) is 9.31 Å². The number of piperidine rings is 2. The molecule has 2 atom stereocenters. The summed E-state index contributed by atoms with van der Waals surface area (Å²) in [5.74, 6) is 2.98. The second-order valence-electron chi connectivity index (χ2n) is 22.0. The van der Waals surface area contributed by atoms with Crippen molar-refractivity contribution in [3.8, 4) is 21.6 Å². The highest BCUT2D eigenvalue weighted by Crippen LogP contribution is 2.38. The molecule has 0 bridgehead atoms. The van der Waals surface area contributed by atoms with E-state index in [1.807, 2.05) is 62.8 Å². The van der Waals surface area contributed by atoms with Gasteiger partial charge in [0.15, 0.2) is 11.6 Å². The van der Waals surface area contributed by atoms with Crippen molar-refractivity contribution in [2.24, 2.45) is 11.8 Å². The molecule has 11 heterocycles. The molecule has 24 heteroatoms. The number of halogens is 1. The lowest BCUT2D eigenvalue weighted by atomic mass is 9.78. The van der Waals surface area contributed by atoms with Gasteiger partial charge in [0.1, 0.15) is 37.5 Å². The largest absolute Gasteiger partial charge is 0.496 e. The van der Waals surface area contributed by atoms with Gasteiger partial charge in [-0.3, -0.25) is 0 Å². The molecule has 0 spiro atoms. The van der Waals surface area contributed by atoms with Crippen LogP contribution in [0.25, 0.3) is 32.0 Å². The predicted octanol–water partition coefficient (Wildman–Crippen LogP) is 13.0. The van der Waals surface area contributed by atoms with Gasteiger partial charge in [-0.05, 0) is 164 Å². The maximum absolute atomic E-state index is 6.30. The molecule has 3 aliphatic heterocycles. The molecular formula is C56H72BBrN12O6S4. The number of hydrogen-bond acceptors (Lipinski definition) is 22. The first-order valence-corrected chi connectivity index (χ1v) is 32.1. The molecule has 0 unspecified atom stereocenters. The fourth-order valence-electron chi connectivity index (χ4n) is 9.44. The van der Waals surface area contributed by atoms with E-state index in [0.717, 1.165) is 127 Å². The van der Waals surface area contributed by atoms with E-state index in [1.165, 1.54) is 22.7 Å². The summed E-state index contributed by atoms with van der Waals surface area (Å²) in [6.45, 7) is 28.4. The van der Waals surface area contributed by atoms with Crippen molar-refractivity contribution in [1.82, 2.24) is 50.2 Å². The van der Waals surface area contributed by atoms with Crippen molar-refractivity contribution in [3.63, 3.8) is 0 Å². The Kier molecular flexibility index (Phi) is 19.1. The van der Waals surface area contributed by atoms with Crippen molar-refractivity contribution < 1.29 is 27.8 Å². The minimum Gasteiger partial charge on any atom is -0.467 e. The summed E-state index contributed by atoms with van der Waals surface area (Å²) < 4.78 is 36.2. The van der Waals surface area contributed by atoms with Gasteiger partial charge in [-0.15, -0.1) is 23.5 Å². The lowest BCUT2D eigenvalue weighted by Crippen LogP contribution is -2.41. The Morgan fingerprint density at radius 3 is 1.50 bits per heavy atom. The van der Waals surface area contributed by atoms with Crippen molar-refractivity contribution in [3.05, 3.63) is 76.2 Å². The Labute approximate surface area is 494 Å². The number of thiazole rings is 2. The zero-order chi connectivity index (χ0) is 57.0. The standard InChI is InChI=1S/C25H30N6O2S2.C18H22BrN5O2S.C13H20BNO2S/c1-14(2)22-29-24(33-30-22)31-12-10-17(11-13-31)16(4)32-25-28-20-8-7-19(27-23(20)35-25)18-6-9-21(34-5)26-15(18)3;1-10(2)15-22-17(26-23-15)24-8-6-12(7-9-24)11(3)25-18-20-13-4-5-14(19)21-16(13)27-18;1-9-10(7-8-11(15-9)18-6)14-16-12(2,3)13(4,5)17-14/h6-9,14,16-17H,10-13H2,1-5H3;4-5,10-12H,6-9H2,1-3H3;7-8H,1-6H3/t16-;11-;/m00./s1. The molecule has 0 saturated carbocycles. The Morgan fingerprint density at radius 1 is 0.588 bits per heavy atom. The molecule has 3 saturated heterocycles. The van der Waals surface area contributed by atoms with Crippen LogP contribution in [0.5, 0.6) is 10.4 Å². The van der Waals surface area contributed by atoms with Gasteiger partial charge < -0.3 is 37.6 Å². The number of nitrogens with zero attached hydrogens (tertiary/aromatic N) is 12. The van der Waals surface area contributed by atoms with E-state index in [0.29, 0.717) is 34.3 Å². The van der Waals surface area contributed by atoms with Crippen LogP contribution >= 0.6 is 62.1 Å². The summed E-state index contributed by atoms with van der Waals surface area (Å²) in [6.07, 6.45) is 8.28. The van der Waals surface area contributed by atoms with Crippen molar-refractivity contribution >= 4 is 107 Å². The van der Waals surface area contributed by atoms with E-state index >= 15 is 0 Å². The second-order valence-corrected chi connectivity index (χ2v) is 26.4. The zero-order valence-corrected chi connectivity index (χ0v) is 53.0. The third-order valence-corrected chi connectivity index (χ3v) is 18.7. The first-order chi connectivity index (χ1) is 38.2. The minimum atomic E-state index is -0.321. The van der Waals surface area contributed by atoms with Gasteiger partial charge in [-0.25, -0.2) is 29.9 Å². The summed E-state index contributed by atoms with van der Waals surface area (Å²) in [5, 5.41) is 11.5. The maximum atomic E-state index is 6.30. The number of aromatic nitrogens is 10. The van der Waals surface area contributed by atoms with Crippen molar-refractivity contribution in [2.45, 2.75) is 154 Å². The molecule has 0 amide bonds. The van der Waals surface area contributed by atoms with Gasteiger partial charge >= 0.3 is 19.1 Å². The molecule has 0 N–H and O–H groups in total. The minimum absolute atomic E-state index is 0.0663. The predicted molar refractivity (Wildman–Crippen MR) is 326 cm³/mol. The Morgan fingerprint density at radius 2 is 1.05 bits per heavy atom. The van der Waals surface area contributed by atoms with Crippen LogP contribution in [0.15, 0.2) is 72.2 Å². The number of thioether (sulfide) groups is 2. The van der Waals surface area contributed by atoms with E-state index in [-0.39, 0.29) is 42.4 Å². The molecule has 426 valence electrons. The lowest BCUT2D eigenvalue weighted by molar-refractivity contribution is 0.00578. The van der Waals surface area contributed by atoms with Gasteiger partial charge in [0.2, 0.25) is 0 Å². The molecule has 8 aromatic rings. The zero-order valence-electron chi connectivity index (χ0n) is 48.1. The Hall–Kier alpha value is -4.98. The molecule has 8 aromatic heterocycles. The van der Waals surface area contributed by atoms with Crippen molar-refractivity contribution in [2.75, 3.05) is 48.5 Å². The Bertz CT molecular complexity index is 3340. The first-order valence-electron chi connectivity index (χ1n) is 27.3. The van der Waals surface area contributed by atoms with Crippen LogP contribution in [0.2, 0.25) is 0 Å². The summed E-state index contributed by atoms with van der Waals surface area (Å²) in [7, 11) is -0.321. The highest BCUT2D eigenvalue weighted by atomic mass is 79.9. The van der Waals surface area contributed by atoms with E-state index in [2.05, 4.69) is 152 Å². The number of aryl methyl sites for hydroxylation is 2. The SMILES string of the molecule is CC(C)c1noc(N2CCC([C@H](C)Oc3nc4ccc(Br)nc4s3)CC2)n1.CSc1ccc(-c2ccc3nc(O[C@@H](C)C4CCN(c5nc(C(C)C)no5)CC4)sc3n2)c(C)n1.CSc1ccc(B2OC(C)(C)C(C)(C)O2)c(C)n1. The molecule has 0 radical (unpaired) electrons. The third-order valence-electron chi connectivity index (χ3n) is 15.2. The third kappa shape index (κ3) is 14.1. The summed E-state index contributed by atoms with van der Waals surface area (Å²) in [6, 6.07) is 17.3. The molecule has 3 fully saturated rings. The van der Waals surface area contributed by atoms with Crippen LogP contribution in [0.4, 0.5) is 12.0 Å². The summed E-state index contributed by atoms with van der Waals surface area (Å²) >= 11 is 9.67. The van der Waals surface area contributed by atoms with Crippen LogP contribution in [0.1, 0.15) is 130 Å². The van der Waals surface area contributed by atoms with Gasteiger partial charge in [0.25, 0.3) is 10.4 Å². The monoisotopic (exact) mass is 1230 g/mol. The first kappa shape index (κ1) is 59.6. The number of fused-ring (bicyclic) bond motifs is 2. The van der Waals surface area contributed by atoms with Crippen LogP contribution in [0, 0.1) is 25.7 Å². The van der Waals surface area contributed by atoms with Crippen LogP contribution < -0.4 is 24.7 Å². The fourth-order valence-corrected chi connectivity index (χ4v) is 12.5. The highest BCUT2D eigenvalue weighted by molar-refractivity contribution is 9.10. The quantitative estimate of drug-likeness (QED) is 0.0565. The summed E-state index contributed by atoms with van der Waals surface area (Å²) in [4.78, 5) is 42.8. The number of hydrogen-bond donors (Lipinski definition) is 0. The molecule has 0 aromatic carbocycles. The maximum Gasteiger partial charge on any atom is 0.496 e. The average Bonchev–Trinajstić information content (AvgIpc) is 4.36. The summed E-state index contributed by atoms with van der Waals surface area (Å²) in [5.41, 5.74) is 6.05. The topological polar surface area (TPSA) is 199 Å². The number of rotatable bonds is 14. The number of pyridine rings is 4. The lowest BCUT2D eigenvalue weighted by Gasteiger charge is -2.33. The molecule has 0 aliphatic carbocycles. The van der Waals surface area contributed by atoms with Gasteiger partial charge in [0, 0.05) is 60.4 Å². The molecule has 80 heavy (non-hydrogen) atoms. The highest BCUT2D eigenvalue weighted by Gasteiger charge is 2.52. The van der Waals surface area contributed by atoms with Crippen LogP contribution in [0.3, 0.4) is 0 Å². The van der Waals surface area contributed by atoms with E-state index in [4.69, 9.17) is 32.8 Å². The fraction of sp³-hybridized carbons (Fsp3) is 0.536. The van der Waals surface area contributed by atoms with Gasteiger partial charge in [0.05, 0.1) is 26.9 Å². The molecule has 18 nitrogen and oxygen atoms in total. The Balaban J connectivity index is 0.000000153. The van der Waals surface area contributed by atoms with Crippen molar-refractivity contribution in [1.29, 1.82) is 0 Å². The van der Waals surface area contributed by atoms with E-state index in [9.17, 15) is 0 Å². The normalized spacial score (nSPS) is 17.4. The molecular weight excluding hydrogens is 1160 g/mol. The van der Waals surface area contributed by atoms with Crippen LogP contribution in [-0.4, -0.2) is 119 Å². The smallest absolute Gasteiger partial charge is 0.467 e. The van der Waals surface area contributed by atoms with Gasteiger partial charge in [-0.1, -0.05) is 66.7 Å². The second kappa shape index (κ2) is 25.7. The number of ether oxygens (including phenoxy) is 2. The average molecular weight is 1230 g/mol. The molecule has 3 aliphatic rings. The van der Waals surface area contributed by atoms with E-state index in [1.54, 1.807) is 23.5 Å².